The summed E-state index contributed by atoms with van der Waals surface area (Å²) >= 11 is 5.68. The molecule has 0 N–H and O–H groups in total. The van der Waals surface area contributed by atoms with Crippen molar-refractivity contribution in [2.75, 3.05) is 6.26 Å². The van der Waals surface area contributed by atoms with Gasteiger partial charge < -0.3 is 0 Å². The molecule has 0 aliphatic rings. The number of sulfone groups is 1. The summed E-state index contributed by atoms with van der Waals surface area (Å²) in [6.45, 7) is 0. The van der Waals surface area contributed by atoms with Crippen LogP contribution in [0.5, 0.6) is 0 Å². The molecule has 5 nitrogen and oxygen atoms in total. The van der Waals surface area contributed by atoms with Gasteiger partial charge in [0.2, 0.25) is 0 Å². The topological polar surface area (TPSA) is 64.8 Å². The summed E-state index contributed by atoms with van der Waals surface area (Å²) in [6.07, 6.45) is 3.86. The van der Waals surface area contributed by atoms with Gasteiger partial charge in [0.05, 0.1) is 24.0 Å². The molecule has 0 saturated heterocycles. The number of alkyl halides is 1. The third kappa shape index (κ3) is 2.65. The van der Waals surface area contributed by atoms with E-state index >= 15 is 0 Å². The average Bonchev–Trinajstić information content (AvgIpc) is 2.78. The summed E-state index contributed by atoms with van der Waals surface area (Å²) in [5, 5.41) is 3.96. The normalized spacial score (nSPS) is 11.6. The third-order valence-corrected chi connectivity index (χ3v) is 3.49. The molecule has 0 fully saturated rings. The van der Waals surface area contributed by atoms with E-state index in [0.29, 0.717) is 17.4 Å². The fraction of sp³-hybridized carbons (Fsp3) is 0.200. The second kappa shape index (κ2) is 4.46. The van der Waals surface area contributed by atoms with Gasteiger partial charge >= 0.3 is 0 Å². The van der Waals surface area contributed by atoms with Gasteiger partial charge in [-0.25, -0.2) is 18.1 Å². The quantitative estimate of drug-likeness (QED) is 0.792. The highest BCUT2D eigenvalue weighted by Crippen LogP contribution is 2.11. The molecule has 0 aliphatic carbocycles. The highest BCUT2D eigenvalue weighted by Gasteiger charge is 2.11. The molecule has 0 unspecified atom stereocenters. The standard InChI is InChI=1S/C10H10ClN3O2S/c1-17(15,16)9-6-12-14(7-9)10-4-2-3-8(5-11)13-10/h2-4,6-7H,5H2,1H3. The highest BCUT2D eigenvalue weighted by atomic mass is 35.5. The van der Waals surface area contributed by atoms with Crippen molar-refractivity contribution in [1.29, 1.82) is 0 Å². The SMILES string of the molecule is CS(=O)(=O)c1cnn(-c2cccc(CCl)n2)c1. The maximum Gasteiger partial charge on any atom is 0.178 e. The van der Waals surface area contributed by atoms with Crippen molar-refractivity contribution in [3.05, 3.63) is 36.3 Å². The summed E-state index contributed by atoms with van der Waals surface area (Å²) < 4.78 is 24.0. The Kier molecular flexibility index (Phi) is 3.17. The first-order valence-electron chi connectivity index (χ1n) is 4.78. The van der Waals surface area contributed by atoms with Crippen LogP contribution in [0.15, 0.2) is 35.5 Å². The number of halogens is 1. The first-order valence-corrected chi connectivity index (χ1v) is 7.20. The number of nitrogens with zero attached hydrogens (tertiary/aromatic N) is 3. The highest BCUT2D eigenvalue weighted by molar-refractivity contribution is 7.90. The second-order valence-electron chi connectivity index (χ2n) is 3.51. The van der Waals surface area contributed by atoms with Crippen molar-refractivity contribution in [2.24, 2.45) is 0 Å². The smallest absolute Gasteiger partial charge is 0.178 e. The Morgan fingerprint density at radius 2 is 2.18 bits per heavy atom. The maximum absolute atomic E-state index is 11.3. The zero-order chi connectivity index (χ0) is 12.5. The zero-order valence-electron chi connectivity index (χ0n) is 9.04. The van der Waals surface area contributed by atoms with E-state index in [-0.39, 0.29) is 4.90 Å². The van der Waals surface area contributed by atoms with Gasteiger partial charge in [-0.2, -0.15) is 5.10 Å². The average molecular weight is 272 g/mol. The summed E-state index contributed by atoms with van der Waals surface area (Å²) in [6, 6.07) is 5.31. The Bertz CT molecular complexity index is 637. The third-order valence-electron chi connectivity index (χ3n) is 2.15. The molecule has 2 heterocycles. The van der Waals surface area contributed by atoms with Gasteiger partial charge in [0.1, 0.15) is 4.90 Å². The zero-order valence-corrected chi connectivity index (χ0v) is 10.6. The van der Waals surface area contributed by atoms with Gasteiger partial charge in [-0.1, -0.05) is 6.07 Å². The van der Waals surface area contributed by atoms with E-state index in [9.17, 15) is 8.42 Å². The van der Waals surface area contributed by atoms with Crippen molar-refractivity contribution in [3.63, 3.8) is 0 Å². The first-order chi connectivity index (χ1) is 8.00. The molecule has 0 bridgehead atoms. The lowest BCUT2D eigenvalue weighted by Crippen LogP contribution is -2.00. The van der Waals surface area contributed by atoms with E-state index in [1.54, 1.807) is 18.2 Å². The molecule has 0 aromatic carbocycles. The molecule has 0 spiro atoms. The molecule has 2 aromatic heterocycles. The van der Waals surface area contributed by atoms with E-state index in [4.69, 9.17) is 11.6 Å². The molecule has 2 aromatic rings. The summed E-state index contributed by atoms with van der Waals surface area (Å²) in [5.74, 6) is 0.840. The first kappa shape index (κ1) is 12.1. The predicted molar refractivity (Wildman–Crippen MR) is 64.0 cm³/mol. The summed E-state index contributed by atoms with van der Waals surface area (Å²) in [4.78, 5) is 4.39. The van der Waals surface area contributed by atoms with Crippen molar-refractivity contribution >= 4 is 21.4 Å². The minimum atomic E-state index is -3.24. The van der Waals surface area contributed by atoms with E-state index < -0.39 is 9.84 Å². The van der Waals surface area contributed by atoms with Crippen LogP contribution in [0.2, 0.25) is 0 Å². The molecular weight excluding hydrogens is 262 g/mol. The molecule has 17 heavy (non-hydrogen) atoms. The van der Waals surface area contributed by atoms with Crippen molar-refractivity contribution < 1.29 is 8.42 Å². The fourth-order valence-corrected chi connectivity index (χ4v) is 1.97. The number of rotatable bonds is 3. The number of hydrogen-bond acceptors (Lipinski definition) is 4. The molecule has 0 radical (unpaired) electrons. The Balaban J connectivity index is 2.43. The maximum atomic E-state index is 11.3. The predicted octanol–water partition coefficient (Wildman–Crippen LogP) is 1.41. The Morgan fingerprint density at radius 3 is 2.76 bits per heavy atom. The lowest BCUT2D eigenvalue weighted by Gasteiger charge is -2.01. The molecule has 90 valence electrons. The monoisotopic (exact) mass is 271 g/mol. The summed E-state index contributed by atoms with van der Waals surface area (Å²) in [7, 11) is -3.24. The van der Waals surface area contributed by atoms with E-state index in [2.05, 4.69) is 10.1 Å². The number of aromatic nitrogens is 3. The molecule has 0 atom stereocenters. The lowest BCUT2D eigenvalue weighted by molar-refractivity contribution is 0.602. The van der Waals surface area contributed by atoms with Crippen molar-refractivity contribution in [1.82, 2.24) is 14.8 Å². The molecular formula is C10H10ClN3O2S. The van der Waals surface area contributed by atoms with Crippen molar-refractivity contribution in [3.8, 4) is 5.82 Å². The van der Waals surface area contributed by atoms with Crippen LogP contribution in [0.4, 0.5) is 0 Å². The Labute approximate surface area is 104 Å². The number of pyridine rings is 1. The molecule has 0 amide bonds. The van der Waals surface area contributed by atoms with Gasteiger partial charge in [0.25, 0.3) is 0 Å². The van der Waals surface area contributed by atoms with Crippen LogP contribution < -0.4 is 0 Å². The van der Waals surface area contributed by atoms with Crippen LogP contribution in [0.1, 0.15) is 5.69 Å². The molecule has 0 aliphatic heterocycles. The van der Waals surface area contributed by atoms with E-state index in [1.807, 2.05) is 0 Å². The largest absolute Gasteiger partial charge is 0.232 e. The van der Waals surface area contributed by atoms with Crippen LogP contribution in [-0.4, -0.2) is 29.4 Å². The Morgan fingerprint density at radius 1 is 1.41 bits per heavy atom. The Hall–Kier alpha value is -1.40. The van der Waals surface area contributed by atoms with Crippen LogP contribution >= 0.6 is 11.6 Å². The minimum Gasteiger partial charge on any atom is -0.232 e. The molecule has 7 heteroatoms. The van der Waals surface area contributed by atoms with Gasteiger partial charge in [-0.05, 0) is 12.1 Å². The van der Waals surface area contributed by atoms with Crippen LogP contribution in [-0.2, 0) is 15.7 Å². The number of hydrogen-bond donors (Lipinski definition) is 0. The van der Waals surface area contributed by atoms with Gasteiger partial charge in [0, 0.05) is 6.26 Å². The molecule has 0 saturated carbocycles. The van der Waals surface area contributed by atoms with Crippen LogP contribution in [0.25, 0.3) is 5.82 Å². The van der Waals surface area contributed by atoms with Gasteiger partial charge in [-0.3, -0.25) is 0 Å². The van der Waals surface area contributed by atoms with Crippen LogP contribution in [0.3, 0.4) is 0 Å². The van der Waals surface area contributed by atoms with Crippen molar-refractivity contribution in [2.45, 2.75) is 10.8 Å². The summed E-state index contributed by atoms with van der Waals surface area (Å²) in [5.41, 5.74) is 0.709. The fourth-order valence-electron chi connectivity index (χ4n) is 1.29. The van der Waals surface area contributed by atoms with Gasteiger partial charge in [0.15, 0.2) is 15.7 Å². The van der Waals surface area contributed by atoms with E-state index in [1.165, 1.54) is 17.1 Å². The van der Waals surface area contributed by atoms with Crippen LogP contribution in [0, 0.1) is 0 Å². The van der Waals surface area contributed by atoms with E-state index in [0.717, 1.165) is 6.26 Å². The lowest BCUT2D eigenvalue weighted by atomic mass is 10.4. The second-order valence-corrected chi connectivity index (χ2v) is 5.80. The molecule has 2 rings (SSSR count). The minimum absolute atomic E-state index is 0.163. The van der Waals surface area contributed by atoms with Gasteiger partial charge in [-0.15, -0.1) is 11.6 Å².